The van der Waals surface area contributed by atoms with E-state index in [1.165, 1.54) is 0 Å². The van der Waals surface area contributed by atoms with E-state index in [4.69, 9.17) is 5.11 Å². The lowest BCUT2D eigenvalue weighted by molar-refractivity contribution is 0.210. The van der Waals surface area contributed by atoms with E-state index in [-0.39, 0.29) is 12.6 Å². The van der Waals surface area contributed by atoms with Gasteiger partial charge >= 0.3 is 6.03 Å². The Labute approximate surface area is 79.9 Å². The Kier molecular flexibility index (Phi) is 7.39. The van der Waals surface area contributed by atoms with Gasteiger partial charge in [0.1, 0.15) is 0 Å². The van der Waals surface area contributed by atoms with Gasteiger partial charge in [-0.2, -0.15) is 0 Å². The number of amides is 2. The van der Waals surface area contributed by atoms with Crippen molar-refractivity contribution in [3.8, 4) is 0 Å². The summed E-state index contributed by atoms with van der Waals surface area (Å²) < 4.78 is 0. The summed E-state index contributed by atoms with van der Waals surface area (Å²) in [6.45, 7) is 3.60. The molecule has 0 atom stereocenters. The number of aliphatic hydroxyl groups excluding tert-OH is 1. The number of rotatable bonds is 6. The van der Waals surface area contributed by atoms with Crippen LogP contribution in [-0.2, 0) is 0 Å². The van der Waals surface area contributed by atoms with E-state index in [0.29, 0.717) is 6.54 Å². The van der Waals surface area contributed by atoms with E-state index in [0.717, 1.165) is 25.8 Å². The number of unbranched alkanes of at least 4 members (excludes halogenated alkanes) is 2. The molecule has 2 amide bonds. The van der Waals surface area contributed by atoms with Crippen molar-refractivity contribution in [1.29, 1.82) is 0 Å². The second-order valence-electron chi connectivity index (χ2n) is 3.03. The number of nitrogens with zero attached hydrogens (tertiary/aromatic N) is 1. The fourth-order valence-corrected chi connectivity index (χ4v) is 0.887. The standard InChI is InChI=1S/C9H20N2O2/c1-3-11(2)9(13)10-7-5-4-6-8-12/h12H,3-8H2,1-2H3,(H,10,13). The normalized spacial score (nSPS) is 9.77. The smallest absolute Gasteiger partial charge is 0.317 e. The third-order valence-corrected chi connectivity index (χ3v) is 1.93. The zero-order valence-electron chi connectivity index (χ0n) is 8.55. The van der Waals surface area contributed by atoms with Crippen molar-refractivity contribution in [2.45, 2.75) is 26.2 Å². The third kappa shape index (κ3) is 6.40. The summed E-state index contributed by atoms with van der Waals surface area (Å²) in [5, 5.41) is 11.3. The van der Waals surface area contributed by atoms with Crippen molar-refractivity contribution in [3.05, 3.63) is 0 Å². The minimum Gasteiger partial charge on any atom is -0.396 e. The van der Waals surface area contributed by atoms with E-state index < -0.39 is 0 Å². The van der Waals surface area contributed by atoms with Gasteiger partial charge in [0.25, 0.3) is 0 Å². The van der Waals surface area contributed by atoms with Crippen LogP contribution < -0.4 is 5.32 Å². The number of nitrogens with one attached hydrogen (secondary N) is 1. The zero-order chi connectivity index (χ0) is 10.1. The quantitative estimate of drug-likeness (QED) is 0.606. The van der Waals surface area contributed by atoms with Crippen LogP contribution in [-0.4, -0.2) is 42.8 Å². The van der Waals surface area contributed by atoms with Crippen molar-refractivity contribution in [1.82, 2.24) is 10.2 Å². The van der Waals surface area contributed by atoms with Gasteiger partial charge in [-0.15, -0.1) is 0 Å². The number of carbonyl (C=O) groups is 1. The molecule has 0 aromatic carbocycles. The molecule has 0 aliphatic carbocycles. The first-order valence-corrected chi connectivity index (χ1v) is 4.82. The molecule has 0 bridgehead atoms. The molecule has 0 aliphatic heterocycles. The summed E-state index contributed by atoms with van der Waals surface area (Å²) >= 11 is 0. The Hall–Kier alpha value is -0.770. The fourth-order valence-electron chi connectivity index (χ4n) is 0.887. The minimum absolute atomic E-state index is 0.0218. The van der Waals surface area contributed by atoms with Gasteiger partial charge < -0.3 is 15.3 Å². The summed E-state index contributed by atoms with van der Waals surface area (Å²) in [5.41, 5.74) is 0. The zero-order valence-corrected chi connectivity index (χ0v) is 8.55. The Morgan fingerprint density at radius 3 is 2.62 bits per heavy atom. The number of hydrogen-bond donors (Lipinski definition) is 2. The van der Waals surface area contributed by atoms with Crippen LogP contribution in [0, 0.1) is 0 Å². The lowest BCUT2D eigenvalue weighted by atomic mass is 10.2. The van der Waals surface area contributed by atoms with Gasteiger partial charge in [-0.1, -0.05) is 0 Å². The van der Waals surface area contributed by atoms with Crippen LogP contribution >= 0.6 is 0 Å². The molecular formula is C9H20N2O2. The van der Waals surface area contributed by atoms with E-state index in [1.807, 2.05) is 6.92 Å². The van der Waals surface area contributed by atoms with Crippen molar-refractivity contribution >= 4 is 6.03 Å². The van der Waals surface area contributed by atoms with Crippen molar-refractivity contribution in [2.24, 2.45) is 0 Å². The van der Waals surface area contributed by atoms with Gasteiger partial charge in [0.15, 0.2) is 0 Å². The Morgan fingerprint density at radius 2 is 2.08 bits per heavy atom. The summed E-state index contributed by atoms with van der Waals surface area (Å²) in [5.74, 6) is 0. The molecule has 13 heavy (non-hydrogen) atoms. The maximum atomic E-state index is 11.2. The molecule has 4 heteroatoms. The SMILES string of the molecule is CCN(C)C(=O)NCCCCCO. The number of aliphatic hydroxyl groups is 1. The first-order chi connectivity index (χ1) is 6.22. The van der Waals surface area contributed by atoms with Crippen LogP contribution in [0.15, 0.2) is 0 Å². The third-order valence-electron chi connectivity index (χ3n) is 1.93. The predicted octanol–water partition coefficient (Wildman–Crippen LogP) is 0.810. The average Bonchev–Trinajstić information content (AvgIpc) is 2.16. The summed E-state index contributed by atoms with van der Waals surface area (Å²) in [4.78, 5) is 12.8. The predicted molar refractivity (Wildman–Crippen MR) is 52.6 cm³/mol. The van der Waals surface area contributed by atoms with Gasteiger partial charge in [-0.25, -0.2) is 4.79 Å². The summed E-state index contributed by atoms with van der Waals surface area (Å²) in [6, 6.07) is -0.0218. The molecule has 0 heterocycles. The highest BCUT2D eigenvalue weighted by Gasteiger charge is 2.03. The topological polar surface area (TPSA) is 52.6 Å². The molecule has 0 rings (SSSR count). The molecule has 0 saturated carbocycles. The molecule has 0 aliphatic rings. The molecular weight excluding hydrogens is 168 g/mol. The maximum Gasteiger partial charge on any atom is 0.317 e. The van der Waals surface area contributed by atoms with Crippen LogP contribution in [0.25, 0.3) is 0 Å². The lowest BCUT2D eigenvalue weighted by Gasteiger charge is -2.15. The highest BCUT2D eigenvalue weighted by atomic mass is 16.2. The molecule has 4 nitrogen and oxygen atoms in total. The van der Waals surface area contributed by atoms with Crippen molar-refractivity contribution in [2.75, 3.05) is 26.7 Å². The summed E-state index contributed by atoms with van der Waals surface area (Å²) in [6.07, 6.45) is 2.72. The molecule has 0 aromatic rings. The highest BCUT2D eigenvalue weighted by molar-refractivity contribution is 5.73. The fraction of sp³-hybridized carbons (Fsp3) is 0.889. The minimum atomic E-state index is -0.0218. The van der Waals surface area contributed by atoms with Crippen LogP contribution in [0.3, 0.4) is 0 Å². The Bertz CT molecular complexity index is 140. The van der Waals surface area contributed by atoms with E-state index in [9.17, 15) is 4.79 Å². The second-order valence-corrected chi connectivity index (χ2v) is 3.03. The molecule has 78 valence electrons. The van der Waals surface area contributed by atoms with Gasteiger partial charge in [0, 0.05) is 26.7 Å². The van der Waals surface area contributed by atoms with Crippen LogP contribution in [0.5, 0.6) is 0 Å². The average molecular weight is 188 g/mol. The second kappa shape index (κ2) is 7.86. The molecule has 0 radical (unpaired) electrons. The highest BCUT2D eigenvalue weighted by Crippen LogP contribution is 1.92. The van der Waals surface area contributed by atoms with Crippen LogP contribution in [0.2, 0.25) is 0 Å². The Morgan fingerprint density at radius 1 is 1.38 bits per heavy atom. The molecule has 0 fully saturated rings. The molecule has 0 unspecified atom stereocenters. The molecule has 0 saturated heterocycles. The van der Waals surface area contributed by atoms with E-state index >= 15 is 0 Å². The molecule has 2 N–H and O–H groups in total. The Balaban J connectivity index is 3.27. The maximum absolute atomic E-state index is 11.2. The van der Waals surface area contributed by atoms with Crippen molar-refractivity contribution < 1.29 is 9.90 Å². The van der Waals surface area contributed by atoms with Crippen molar-refractivity contribution in [3.63, 3.8) is 0 Å². The number of carbonyl (C=O) groups excluding carboxylic acids is 1. The lowest BCUT2D eigenvalue weighted by Crippen LogP contribution is -2.37. The van der Waals surface area contributed by atoms with E-state index in [1.54, 1.807) is 11.9 Å². The number of urea groups is 1. The van der Waals surface area contributed by atoms with Gasteiger partial charge in [-0.3, -0.25) is 0 Å². The first-order valence-electron chi connectivity index (χ1n) is 4.82. The number of hydrogen-bond acceptors (Lipinski definition) is 2. The molecule has 0 spiro atoms. The molecule has 0 aromatic heterocycles. The van der Waals surface area contributed by atoms with Gasteiger partial charge in [0.05, 0.1) is 0 Å². The monoisotopic (exact) mass is 188 g/mol. The van der Waals surface area contributed by atoms with Crippen LogP contribution in [0.4, 0.5) is 4.79 Å². The van der Waals surface area contributed by atoms with E-state index in [2.05, 4.69) is 5.32 Å². The van der Waals surface area contributed by atoms with Gasteiger partial charge in [-0.05, 0) is 26.2 Å². The first kappa shape index (κ1) is 12.2. The summed E-state index contributed by atoms with van der Waals surface area (Å²) in [7, 11) is 1.77. The van der Waals surface area contributed by atoms with Crippen LogP contribution in [0.1, 0.15) is 26.2 Å². The largest absolute Gasteiger partial charge is 0.396 e. The van der Waals surface area contributed by atoms with Gasteiger partial charge in [0.2, 0.25) is 0 Å².